The predicted molar refractivity (Wildman–Crippen MR) is 104 cm³/mol. The van der Waals surface area contributed by atoms with Crippen molar-refractivity contribution in [1.82, 2.24) is 0 Å². The van der Waals surface area contributed by atoms with E-state index < -0.39 is 0 Å². The highest BCUT2D eigenvalue weighted by atomic mass is 14.3. The second-order valence-electron chi connectivity index (χ2n) is 7.42. The van der Waals surface area contributed by atoms with Gasteiger partial charge in [0.1, 0.15) is 0 Å². The van der Waals surface area contributed by atoms with Crippen LogP contribution in [0.2, 0.25) is 0 Å². The van der Waals surface area contributed by atoms with Crippen molar-refractivity contribution in [3.8, 4) is 11.1 Å². The van der Waals surface area contributed by atoms with Gasteiger partial charge in [0, 0.05) is 0 Å². The third-order valence-corrected chi connectivity index (χ3v) is 5.83. The quantitative estimate of drug-likeness (QED) is 0.400. The molecule has 24 heavy (non-hydrogen) atoms. The zero-order valence-corrected chi connectivity index (χ0v) is 14.9. The van der Waals surface area contributed by atoms with Crippen LogP contribution in [0.1, 0.15) is 80.9 Å². The van der Waals surface area contributed by atoms with Crippen molar-refractivity contribution < 1.29 is 0 Å². The zero-order valence-electron chi connectivity index (χ0n) is 14.9. The number of hydrogen-bond acceptors (Lipinski definition) is 0. The molecule has 0 radical (unpaired) electrons. The van der Waals surface area contributed by atoms with E-state index in [1.54, 1.807) is 11.1 Å². The summed E-state index contributed by atoms with van der Waals surface area (Å²) >= 11 is 0. The lowest BCUT2D eigenvalue weighted by molar-refractivity contribution is 0.538. The van der Waals surface area contributed by atoms with Crippen LogP contribution in [0.5, 0.6) is 0 Å². The normalized spacial score (nSPS) is 17.4. The average molecular weight is 316 g/mol. The standard InChI is InChI=1S/C24H28/c1-2-3-4-5-6-7-11-18-16-17-23-21-13-9-8-12-20(21)22-15-10-14-19(18)24(22)23/h8-10,12-15,17-18H,2-7,11,16H2,1H3. The van der Waals surface area contributed by atoms with E-state index in [0.717, 1.165) is 5.92 Å². The predicted octanol–water partition coefficient (Wildman–Crippen LogP) is 7.34. The van der Waals surface area contributed by atoms with Crippen LogP contribution in [0.15, 0.2) is 48.5 Å². The lowest BCUT2D eigenvalue weighted by Gasteiger charge is -2.24. The second kappa shape index (κ2) is 6.97. The van der Waals surface area contributed by atoms with E-state index in [9.17, 15) is 0 Å². The highest BCUT2D eigenvalue weighted by molar-refractivity contribution is 6.02. The van der Waals surface area contributed by atoms with Crippen molar-refractivity contribution in [2.45, 2.75) is 64.2 Å². The third-order valence-electron chi connectivity index (χ3n) is 5.83. The monoisotopic (exact) mass is 316 g/mol. The number of hydrogen-bond donors (Lipinski definition) is 0. The number of fused-ring (bicyclic) bond motifs is 3. The van der Waals surface area contributed by atoms with Crippen LogP contribution < -0.4 is 0 Å². The van der Waals surface area contributed by atoms with Gasteiger partial charge < -0.3 is 0 Å². The second-order valence-corrected chi connectivity index (χ2v) is 7.42. The summed E-state index contributed by atoms with van der Waals surface area (Å²) in [6.07, 6.45) is 13.4. The Kier molecular flexibility index (Phi) is 4.56. The van der Waals surface area contributed by atoms with Gasteiger partial charge in [0.15, 0.2) is 0 Å². The molecule has 0 saturated heterocycles. The Bertz CT molecular complexity index is 750. The van der Waals surface area contributed by atoms with Crippen molar-refractivity contribution >= 4 is 5.57 Å². The molecule has 2 aromatic rings. The lowest BCUT2D eigenvalue weighted by Crippen LogP contribution is -2.06. The largest absolute Gasteiger partial charge is 0.0754 e. The summed E-state index contributed by atoms with van der Waals surface area (Å²) < 4.78 is 0. The Morgan fingerprint density at radius 3 is 2.42 bits per heavy atom. The van der Waals surface area contributed by atoms with E-state index in [4.69, 9.17) is 0 Å². The van der Waals surface area contributed by atoms with E-state index in [-0.39, 0.29) is 0 Å². The maximum Gasteiger partial charge on any atom is -0.00671 e. The molecule has 0 N–H and O–H groups in total. The molecular formula is C24H28. The number of benzene rings is 2. The van der Waals surface area contributed by atoms with E-state index in [2.05, 4.69) is 55.5 Å². The summed E-state index contributed by atoms with van der Waals surface area (Å²) in [5.74, 6) is 0.726. The van der Waals surface area contributed by atoms with E-state index >= 15 is 0 Å². The molecule has 0 heteroatoms. The molecular weight excluding hydrogens is 288 g/mol. The average Bonchev–Trinajstić information content (AvgIpc) is 2.96. The molecule has 0 amide bonds. The van der Waals surface area contributed by atoms with Gasteiger partial charge in [-0.05, 0) is 52.1 Å². The number of allylic oxidation sites excluding steroid dienone is 1. The van der Waals surface area contributed by atoms with Gasteiger partial charge in [0.05, 0.1) is 0 Å². The Labute approximate surface area is 146 Å². The van der Waals surface area contributed by atoms with Crippen LogP contribution >= 0.6 is 0 Å². The Balaban J connectivity index is 1.52. The van der Waals surface area contributed by atoms with E-state index in [1.807, 2.05) is 0 Å². The fourth-order valence-corrected chi connectivity index (χ4v) is 4.57. The summed E-state index contributed by atoms with van der Waals surface area (Å²) in [5.41, 5.74) is 8.98. The summed E-state index contributed by atoms with van der Waals surface area (Å²) in [6.45, 7) is 2.29. The first-order valence-electron chi connectivity index (χ1n) is 9.83. The van der Waals surface area contributed by atoms with Gasteiger partial charge in [-0.15, -0.1) is 0 Å². The molecule has 0 fully saturated rings. The minimum Gasteiger partial charge on any atom is -0.0754 e. The number of unbranched alkanes of at least 4 members (excludes halogenated alkanes) is 5. The van der Waals surface area contributed by atoms with Gasteiger partial charge in [-0.2, -0.15) is 0 Å². The maximum absolute atomic E-state index is 2.51. The topological polar surface area (TPSA) is 0 Å². The first-order chi connectivity index (χ1) is 11.9. The molecule has 0 nitrogen and oxygen atoms in total. The van der Waals surface area contributed by atoms with Crippen LogP contribution in [0.3, 0.4) is 0 Å². The van der Waals surface area contributed by atoms with Gasteiger partial charge in [0.25, 0.3) is 0 Å². The van der Waals surface area contributed by atoms with Crippen LogP contribution in [-0.2, 0) is 0 Å². The molecule has 1 atom stereocenters. The first-order valence-corrected chi connectivity index (χ1v) is 9.83. The molecule has 4 rings (SSSR count). The molecule has 0 saturated carbocycles. The van der Waals surface area contributed by atoms with Gasteiger partial charge in [0.2, 0.25) is 0 Å². The van der Waals surface area contributed by atoms with Crippen LogP contribution in [-0.4, -0.2) is 0 Å². The summed E-state index contributed by atoms with van der Waals surface area (Å²) in [4.78, 5) is 0. The molecule has 1 unspecified atom stereocenters. The molecule has 124 valence electrons. The number of rotatable bonds is 7. The van der Waals surface area contributed by atoms with Gasteiger partial charge in [-0.25, -0.2) is 0 Å². The summed E-state index contributed by atoms with van der Waals surface area (Å²) in [7, 11) is 0. The smallest absolute Gasteiger partial charge is 0.00671 e. The molecule has 0 spiro atoms. The van der Waals surface area contributed by atoms with Crippen molar-refractivity contribution in [3.63, 3.8) is 0 Å². The van der Waals surface area contributed by atoms with Gasteiger partial charge in [-0.3, -0.25) is 0 Å². The third kappa shape index (κ3) is 2.73. The molecule has 2 aliphatic rings. The Morgan fingerprint density at radius 2 is 1.54 bits per heavy atom. The van der Waals surface area contributed by atoms with Gasteiger partial charge in [-0.1, -0.05) is 94.0 Å². The summed E-state index contributed by atoms with van der Waals surface area (Å²) in [6, 6.07) is 15.9. The van der Waals surface area contributed by atoms with E-state index in [1.165, 1.54) is 73.6 Å². The minimum absolute atomic E-state index is 0.726. The molecule has 2 aromatic carbocycles. The van der Waals surface area contributed by atoms with Crippen LogP contribution in [0.25, 0.3) is 16.7 Å². The molecule has 0 aromatic heterocycles. The Morgan fingerprint density at radius 1 is 0.792 bits per heavy atom. The van der Waals surface area contributed by atoms with Crippen molar-refractivity contribution in [2.24, 2.45) is 0 Å². The van der Waals surface area contributed by atoms with Crippen LogP contribution in [0, 0.1) is 0 Å². The lowest BCUT2D eigenvalue weighted by atomic mass is 9.80. The summed E-state index contributed by atoms with van der Waals surface area (Å²) in [5, 5.41) is 0. The van der Waals surface area contributed by atoms with Crippen molar-refractivity contribution in [3.05, 3.63) is 65.2 Å². The van der Waals surface area contributed by atoms with Crippen molar-refractivity contribution in [2.75, 3.05) is 0 Å². The highest BCUT2D eigenvalue weighted by Crippen LogP contribution is 2.51. The van der Waals surface area contributed by atoms with Crippen molar-refractivity contribution in [1.29, 1.82) is 0 Å². The maximum atomic E-state index is 2.51. The minimum atomic E-state index is 0.726. The fraction of sp³-hybridized carbons (Fsp3) is 0.417. The van der Waals surface area contributed by atoms with E-state index in [0.29, 0.717) is 0 Å². The van der Waals surface area contributed by atoms with Crippen LogP contribution in [0.4, 0.5) is 0 Å². The molecule has 2 aliphatic carbocycles. The Hall–Kier alpha value is -1.82. The zero-order chi connectivity index (χ0) is 16.4. The molecule has 0 bridgehead atoms. The SMILES string of the molecule is CCCCCCCCC1CC=C2c3ccccc3-c3cccc1c32. The first kappa shape index (κ1) is 15.7. The highest BCUT2D eigenvalue weighted by Gasteiger charge is 2.30. The fourth-order valence-electron chi connectivity index (χ4n) is 4.57. The molecule has 0 heterocycles. The van der Waals surface area contributed by atoms with Gasteiger partial charge >= 0.3 is 0 Å². The molecule has 0 aliphatic heterocycles.